The Hall–Kier alpha value is -1.95. The molecule has 17 heavy (non-hydrogen) atoms. The van der Waals surface area contributed by atoms with Gasteiger partial charge in [0.15, 0.2) is 0 Å². The molecule has 6 nitrogen and oxygen atoms in total. The van der Waals surface area contributed by atoms with Gasteiger partial charge in [-0.1, -0.05) is 5.16 Å². The largest absolute Gasteiger partial charge is 0.397 e. The van der Waals surface area contributed by atoms with Crippen LogP contribution in [0.5, 0.6) is 0 Å². The molecule has 2 aromatic rings. The number of nitrogens with two attached hydrogens (primary N) is 1. The first-order chi connectivity index (χ1) is 8.04. The number of hydrogen-bond donors (Lipinski definition) is 1. The Morgan fingerprint density at radius 1 is 1.41 bits per heavy atom. The first-order valence-corrected chi connectivity index (χ1v) is 5.14. The Kier molecular flexibility index (Phi) is 2.81. The number of ether oxygens (including phenoxy) is 1. The Morgan fingerprint density at radius 2 is 2.18 bits per heavy atom. The van der Waals surface area contributed by atoms with E-state index in [1.807, 2.05) is 13.8 Å². The average molecular weight is 234 g/mol. The van der Waals surface area contributed by atoms with Crippen molar-refractivity contribution in [3.05, 3.63) is 24.3 Å². The van der Waals surface area contributed by atoms with Crippen LogP contribution in [0.25, 0.3) is 11.5 Å². The Balaban J connectivity index is 2.40. The lowest BCUT2D eigenvalue weighted by molar-refractivity contribution is 0.00973. The van der Waals surface area contributed by atoms with Gasteiger partial charge in [0.1, 0.15) is 5.60 Å². The van der Waals surface area contributed by atoms with Crippen LogP contribution in [0.2, 0.25) is 0 Å². The number of pyridine rings is 1. The Labute approximate surface area is 98.8 Å². The van der Waals surface area contributed by atoms with Gasteiger partial charge >= 0.3 is 0 Å². The molecule has 6 heteroatoms. The number of nitrogen functional groups attached to an aromatic ring is 1. The van der Waals surface area contributed by atoms with Crippen LogP contribution < -0.4 is 5.73 Å². The third kappa shape index (κ3) is 2.12. The molecule has 2 heterocycles. The minimum atomic E-state index is -0.594. The van der Waals surface area contributed by atoms with Crippen molar-refractivity contribution in [3.63, 3.8) is 0 Å². The first-order valence-electron chi connectivity index (χ1n) is 5.14. The smallest absolute Gasteiger partial charge is 0.260 e. The molecule has 0 amide bonds. The maximum atomic E-state index is 5.78. The van der Waals surface area contributed by atoms with Crippen LogP contribution in [0.1, 0.15) is 19.7 Å². The third-order valence-electron chi connectivity index (χ3n) is 2.56. The topological polar surface area (TPSA) is 87.1 Å². The second kappa shape index (κ2) is 4.14. The number of rotatable bonds is 3. The molecule has 0 radical (unpaired) electrons. The molecule has 0 saturated heterocycles. The van der Waals surface area contributed by atoms with Crippen molar-refractivity contribution >= 4 is 5.69 Å². The summed E-state index contributed by atoms with van der Waals surface area (Å²) in [5, 5.41) is 3.89. The number of hydrogen-bond acceptors (Lipinski definition) is 6. The lowest BCUT2D eigenvalue weighted by Crippen LogP contribution is -2.21. The van der Waals surface area contributed by atoms with Gasteiger partial charge in [0, 0.05) is 13.3 Å². The highest BCUT2D eigenvalue weighted by Crippen LogP contribution is 2.26. The van der Waals surface area contributed by atoms with Gasteiger partial charge in [-0.25, -0.2) is 0 Å². The summed E-state index contributed by atoms with van der Waals surface area (Å²) in [6.07, 6.45) is 3.16. The quantitative estimate of drug-likeness (QED) is 0.867. The van der Waals surface area contributed by atoms with E-state index in [4.69, 9.17) is 15.0 Å². The van der Waals surface area contributed by atoms with Crippen molar-refractivity contribution < 1.29 is 9.26 Å². The molecule has 0 spiro atoms. The normalized spacial score (nSPS) is 11.7. The highest BCUT2D eigenvalue weighted by molar-refractivity contribution is 5.68. The Morgan fingerprint density at radius 3 is 2.82 bits per heavy atom. The SMILES string of the molecule is COC(C)(C)c1noc(-c2ccncc2N)n1. The molecule has 0 aliphatic rings. The summed E-state index contributed by atoms with van der Waals surface area (Å²) >= 11 is 0. The summed E-state index contributed by atoms with van der Waals surface area (Å²) in [5.74, 6) is 0.844. The van der Waals surface area contributed by atoms with Crippen LogP contribution in [0.15, 0.2) is 23.0 Å². The van der Waals surface area contributed by atoms with Gasteiger partial charge in [-0.05, 0) is 19.9 Å². The summed E-state index contributed by atoms with van der Waals surface area (Å²) in [5.41, 5.74) is 6.36. The zero-order valence-electron chi connectivity index (χ0n) is 9.97. The van der Waals surface area contributed by atoms with Crippen LogP contribution >= 0.6 is 0 Å². The second-order valence-electron chi connectivity index (χ2n) is 4.10. The van der Waals surface area contributed by atoms with Crippen molar-refractivity contribution in [1.82, 2.24) is 15.1 Å². The molecular formula is C11H14N4O2. The molecule has 0 aliphatic carbocycles. The van der Waals surface area contributed by atoms with Crippen LogP contribution in [-0.2, 0) is 10.3 Å². The van der Waals surface area contributed by atoms with E-state index in [0.717, 1.165) is 0 Å². The maximum Gasteiger partial charge on any atom is 0.260 e. The van der Waals surface area contributed by atoms with Gasteiger partial charge in [0.05, 0.1) is 17.4 Å². The molecular weight excluding hydrogens is 220 g/mol. The van der Waals surface area contributed by atoms with Gasteiger partial charge in [-0.2, -0.15) is 4.98 Å². The van der Waals surface area contributed by atoms with Gasteiger partial charge in [-0.3, -0.25) is 4.98 Å². The molecule has 2 rings (SSSR count). The predicted molar refractivity (Wildman–Crippen MR) is 62.0 cm³/mol. The minimum absolute atomic E-state index is 0.366. The zero-order valence-corrected chi connectivity index (χ0v) is 9.97. The van der Waals surface area contributed by atoms with E-state index >= 15 is 0 Å². The number of anilines is 1. The van der Waals surface area contributed by atoms with Crippen LogP contribution in [-0.4, -0.2) is 22.2 Å². The van der Waals surface area contributed by atoms with Crippen molar-refractivity contribution in [2.45, 2.75) is 19.4 Å². The van der Waals surface area contributed by atoms with E-state index in [2.05, 4.69) is 15.1 Å². The van der Waals surface area contributed by atoms with E-state index in [9.17, 15) is 0 Å². The van der Waals surface area contributed by atoms with Crippen molar-refractivity contribution in [3.8, 4) is 11.5 Å². The molecule has 2 N–H and O–H groups in total. The third-order valence-corrected chi connectivity index (χ3v) is 2.56. The van der Waals surface area contributed by atoms with Crippen molar-refractivity contribution in [2.24, 2.45) is 0 Å². The minimum Gasteiger partial charge on any atom is -0.397 e. The van der Waals surface area contributed by atoms with E-state index < -0.39 is 5.60 Å². The molecule has 0 unspecified atom stereocenters. The predicted octanol–water partition coefficient (Wildman–Crippen LogP) is 1.60. The zero-order chi connectivity index (χ0) is 12.5. The average Bonchev–Trinajstić information content (AvgIpc) is 2.79. The number of aromatic nitrogens is 3. The highest BCUT2D eigenvalue weighted by atomic mass is 16.5. The van der Waals surface area contributed by atoms with Gasteiger partial charge in [0.2, 0.25) is 5.82 Å². The van der Waals surface area contributed by atoms with Crippen molar-refractivity contribution in [2.75, 3.05) is 12.8 Å². The Bertz CT molecular complexity index is 522. The fraction of sp³-hybridized carbons (Fsp3) is 0.364. The number of nitrogens with zero attached hydrogens (tertiary/aromatic N) is 3. The lowest BCUT2D eigenvalue weighted by atomic mass is 10.1. The monoisotopic (exact) mass is 234 g/mol. The molecule has 2 aromatic heterocycles. The highest BCUT2D eigenvalue weighted by Gasteiger charge is 2.26. The standard InChI is InChI=1S/C11H14N4O2/c1-11(2,16-3)10-14-9(17-15-10)7-4-5-13-6-8(7)12/h4-6H,12H2,1-3H3. The first kappa shape index (κ1) is 11.5. The van der Waals surface area contributed by atoms with E-state index in [1.165, 1.54) is 0 Å². The molecule has 0 aromatic carbocycles. The summed E-state index contributed by atoms with van der Waals surface area (Å²) in [7, 11) is 1.59. The number of methoxy groups -OCH3 is 1. The summed E-state index contributed by atoms with van der Waals surface area (Å²) in [4.78, 5) is 8.18. The summed E-state index contributed by atoms with van der Waals surface area (Å²) in [6.45, 7) is 3.72. The fourth-order valence-electron chi connectivity index (χ4n) is 1.27. The summed E-state index contributed by atoms with van der Waals surface area (Å²) < 4.78 is 10.4. The second-order valence-corrected chi connectivity index (χ2v) is 4.10. The van der Waals surface area contributed by atoms with Crippen LogP contribution in [0.4, 0.5) is 5.69 Å². The fourth-order valence-corrected chi connectivity index (χ4v) is 1.27. The molecule has 90 valence electrons. The molecule has 0 atom stereocenters. The van der Waals surface area contributed by atoms with Crippen LogP contribution in [0.3, 0.4) is 0 Å². The molecule has 0 bridgehead atoms. The van der Waals surface area contributed by atoms with E-state index in [-0.39, 0.29) is 0 Å². The van der Waals surface area contributed by atoms with E-state index in [0.29, 0.717) is 23.0 Å². The van der Waals surface area contributed by atoms with Crippen molar-refractivity contribution in [1.29, 1.82) is 0 Å². The van der Waals surface area contributed by atoms with Gasteiger partial charge in [-0.15, -0.1) is 0 Å². The van der Waals surface area contributed by atoms with Crippen LogP contribution in [0, 0.1) is 0 Å². The van der Waals surface area contributed by atoms with Gasteiger partial charge in [0.25, 0.3) is 5.89 Å². The lowest BCUT2D eigenvalue weighted by Gasteiger charge is -2.17. The molecule has 0 saturated carbocycles. The van der Waals surface area contributed by atoms with Gasteiger partial charge < -0.3 is 15.0 Å². The summed E-state index contributed by atoms with van der Waals surface area (Å²) in [6, 6.07) is 1.73. The van der Waals surface area contributed by atoms with E-state index in [1.54, 1.807) is 25.6 Å². The molecule has 0 aliphatic heterocycles. The molecule has 0 fully saturated rings. The maximum absolute atomic E-state index is 5.78.